The molecular formula is C20H24Cl2F3N3O4. The van der Waals surface area contributed by atoms with Gasteiger partial charge in [-0.05, 0) is 44.9 Å². The van der Waals surface area contributed by atoms with E-state index in [9.17, 15) is 27.6 Å². The lowest BCUT2D eigenvalue weighted by atomic mass is 10.1. The molecule has 2 N–H and O–H groups in total. The molecule has 7 nitrogen and oxygen atoms in total. The summed E-state index contributed by atoms with van der Waals surface area (Å²) in [5, 5.41) is 4.53. The van der Waals surface area contributed by atoms with Crippen LogP contribution in [0.25, 0.3) is 0 Å². The van der Waals surface area contributed by atoms with Crippen molar-refractivity contribution < 1.29 is 32.3 Å². The van der Waals surface area contributed by atoms with E-state index in [0.717, 1.165) is 4.90 Å². The van der Waals surface area contributed by atoms with Crippen LogP contribution in [0.1, 0.15) is 39.7 Å². The molecule has 1 aliphatic rings. The summed E-state index contributed by atoms with van der Waals surface area (Å²) in [6.45, 7) is 5.04. The zero-order valence-corrected chi connectivity index (χ0v) is 19.4. The van der Waals surface area contributed by atoms with E-state index < -0.39 is 48.3 Å². The number of hydrogen-bond donors (Lipinski definition) is 2. The molecule has 0 aromatic heterocycles. The van der Waals surface area contributed by atoms with Crippen LogP contribution in [0.3, 0.4) is 0 Å². The molecule has 2 atom stereocenters. The first-order valence-corrected chi connectivity index (χ1v) is 10.5. The highest BCUT2D eigenvalue weighted by molar-refractivity contribution is 6.42. The third-order valence-electron chi connectivity index (χ3n) is 4.51. The van der Waals surface area contributed by atoms with Crippen molar-refractivity contribution in [1.29, 1.82) is 0 Å². The van der Waals surface area contributed by atoms with Crippen LogP contribution in [0.4, 0.5) is 23.7 Å². The lowest BCUT2D eigenvalue weighted by Gasteiger charge is -2.30. The number of alkyl halides is 3. The Morgan fingerprint density at radius 1 is 1.19 bits per heavy atom. The highest BCUT2D eigenvalue weighted by Gasteiger charge is 2.42. The summed E-state index contributed by atoms with van der Waals surface area (Å²) in [7, 11) is 0. The molecule has 0 unspecified atom stereocenters. The van der Waals surface area contributed by atoms with E-state index in [2.05, 4.69) is 5.32 Å². The van der Waals surface area contributed by atoms with Gasteiger partial charge < -0.3 is 15.4 Å². The van der Waals surface area contributed by atoms with Crippen molar-refractivity contribution in [2.75, 3.05) is 11.4 Å². The number of nitrogens with one attached hydrogen (secondary N) is 2. The van der Waals surface area contributed by atoms with E-state index in [0.29, 0.717) is 5.56 Å². The minimum absolute atomic E-state index is 0.0650. The predicted octanol–water partition coefficient (Wildman–Crippen LogP) is 4.23. The summed E-state index contributed by atoms with van der Waals surface area (Å²) in [6.07, 6.45) is -5.39. The van der Waals surface area contributed by atoms with E-state index in [4.69, 9.17) is 27.9 Å². The molecular weight excluding hydrogens is 474 g/mol. The van der Waals surface area contributed by atoms with E-state index in [1.807, 2.05) is 0 Å². The summed E-state index contributed by atoms with van der Waals surface area (Å²) in [5.74, 6) is -1.69. The van der Waals surface area contributed by atoms with Gasteiger partial charge >= 0.3 is 12.3 Å². The quantitative estimate of drug-likeness (QED) is 0.636. The minimum atomic E-state index is -4.62. The second kappa shape index (κ2) is 9.74. The first kappa shape index (κ1) is 26.1. The van der Waals surface area contributed by atoms with Gasteiger partial charge in [0.1, 0.15) is 24.2 Å². The zero-order valence-electron chi connectivity index (χ0n) is 17.9. The van der Waals surface area contributed by atoms with Gasteiger partial charge in [-0.3, -0.25) is 14.5 Å². The van der Waals surface area contributed by atoms with Crippen LogP contribution in [0.15, 0.2) is 12.1 Å². The fraction of sp³-hybridized carbons (Fsp3) is 0.550. The highest BCUT2D eigenvalue weighted by atomic mass is 35.5. The number of carbonyl (C=O) groups excluding carboxylic acids is 3. The lowest BCUT2D eigenvalue weighted by molar-refractivity contribution is -0.139. The number of anilines is 1. The Kier molecular flexibility index (Phi) is 7.93. The van der Waals surface area contributed by atoms with E-state index in [1.54, 1.807) is 33.0 Å². The number of benzene rings is 1. The fourth-order valence-electron chi connectivity index (χ4n) is 3.18. The molecule has 32 heavy (non-hydrogen) atoms. The van der Waals surface area contributed by atoms with Crippen LogP contribution in [0, 0.1) is 0 Å². The molecule has 3 amide bonds. The molecule has 1 aromatic carbocycles. The van der Waals surface area contributed by atoms with Crippen LogP contribution in [-0.2, 0) is 20.7 Å². The highest BCUT2D eigenvalue weighted by Crippen LogP contribution is 2.38. The number of carbonyl (C=O) groups is 3. The van der Waals surface area contributed by atoms with Crippen molar-refractivity contribution in [3.8, 4) is 0 Å². The molecule has 0 aliphatic carbocycles. The molecule has 0 saturated carbocycles. The lowest BCUT2D eigenvalue weighted by Crippen LogP contribution is -2.55. The molecule has 0 fully saturated rings. The fourth-order valence-corrected chi connectivity index (χ4v) is 3.52. The van der Waals surface area contributed by atoms with Gasteiger partial charge in [0.25, 0.3) is 0 Å². The van der Waals surface area contributed by atoms with Crippen molar-refractivity contribution in [2.24, 2.45) is 0 Å². The smallest absolute Gasteiger partial charge is 0.408 e. The van der Waals surface area contributed by atoms with Crippen LogP contribution in [0.5, 0.6) is 0 Å². The number of nitrogens with zero attached hydrogens (tertiary/aromatic N) is 1. The number of halogens is 5. The van der Waals surface area contributed by atoms with Gasteiger partial charge in [-0.25, -0.2) is 4.79 Å². The summed E-state index contributed by atoms with van der Waals surface area (Å²) in [4.78, 5) is 39.1. The van der Waals surface area contributed by atoms with Gasteiger partial charge in [0.2, 0.25) is 11.8 Å². The maximum absolute atomic E-state index is 13.3. The third kappa shape index (κ3) is 6.65. The predicted molar refractivity (Wildman–Crippen MR) is 114 cm³/mol. The topological polar surface area (TPSA) is 87.7 Å². The number of hydrogen-bond acceptors (Lipinski definition) is 4. The van der Waals surface area contributed by atoms with E-state index >= 15 is 0 Å². The van der Waals surface area contributed by atoms with Gasteiger partial charge in [0.05, 0.1) is 10.0 Å². The Balaban J connectivity index is 2.35. The Morgan fingerprint density at radius 2 is 1.78 bits per heavy atom. The molecule has 1 aliphatic heterocycles. The number of rotatable bonds is 5. The van der Waals surface area contributed by atoms with E-state index in [-0.39, 0.29) is 28.6 Å². The number of fused-ring (bicyclic) bond motifs is 1. The molecule has 2 rings (SSSR count). The van der Waals surface area contributed by atoms with Crippen molar-refractivity contribution in [3.63, 3.8) is 0 Å². The zero-order chi connectivity index (χ0) is 24.4. The van der Waals surface area contributed by atoms with Crippen LogP contribution in [0.2, 0.25) is 10.0 Å². The second-order valence-corrected chi connectivity index (χ2v) is 9.08. The maximum Gasteiger partial charge on any atom is 0.408 e. The average molecular weight is 498 g/mol. The maximum atomic E-state index is 13.3. The van der Waals surface area contributed by atoms with Crippen LogP contribution in [-0.4, -0.2) is 48.3 Å². The van der Waals surface area contributed by atoms with Gasteiger partial charge in [-0.15, -0.1) is 0 Å². The standard InChI is InChI=1S/C20H24Cl2F3N3O4/c1-5-13(27-18(31)32-19(2,3)4)17(30)28-14-8-12(22)11(21)6-10(14)7-15(28)16(29)26-9-20(23,24)25/h6,8,13,15H,5,7,9H2,1-4H3,(H,26,29)(H,27,31)/t13-,15-/m0/s1. The Morgan fingerprint density at radius 3 is 2.31 bits per heavy atom. The van der Waals surface area contributed by atoms with Crippen molar-refractivity contribution in [2.45, 2.75) is 64.4 Å². The number of alkyl carbamates (subject to hydrolysis) is 1. The van der Waals surface area contributed by atoms with Crippen molar-refractivity contribution in [3.05, 3.63) is 27.7 Å². The largest absolute Gasteiger partial charge is 0.444 e. The summed E-state index contributed by atoms with van der Waals surface area (Å²) < 4.78 is 43.0. The first-order chi connectivity index (χ1) is 14.6. The van der Waals surface area contributed by atoms with Crippen molar-refractivity contribution >= 4 is 46.8 Å². The molecule has 0 saturated heterocycles. The van der Waals surface area contributed by atoms with Gasteiger partial charge in [0.15, 0.2) is 0 Å². The monoisotopic (exact) mass is 497 g/mol. The molecule has 0 radical (unpaired) electrons. The molecule has 1 heterocycles. The Hall–Kier alpha value is -2.20. The SMILES string of the molecule is CC[C@H](NC(=O)OC(C)(C)C)C(=O)N1c2cc(Cl)c(Cl)cc2C[C@H]1C(=O)NCC(F)(F)F. The Labute approximate surface area is 193 Å². The Bertz CT molecular complexity index is 903. The van der Waals surface area contributed by atoms with Crippen molar-refractivity contribution in [1.82, 2.24) is 10.6 Å². The third-order valence-corrected chi connectivity index (χ3v) is 5.23. The summed E-state index contributed by atoms with van der Waals surface area (Å²) >= 11 is 12.1. The summed E-state index contributed by atoms with van der Waals surface area (Å²) in [5.41, 5.74) is -0.108. The van der Waals surface area contributed by atoms with Crippen LogP contribution < -0.4 is 15.5 Å². The van der Waals surface area contributed by atoms with Crippen LogP contribution >= 0.6 is 23.2 Å². The molecule has 178 valence electrons. The van der Waals surface area contributed by atoms with Gasteiger partial charge in [-0.2, -0.15) is 13.2 Å². The minimum Gasteiger partial charge on any atom is -0.444 e. The molecule has 0 spiro atoms. The average Bonchev–Trinajstić information content (AvgIpc) is 3.00. The van der Waals surface area contributed by atoms with Gasteiger partial charge in [0, 0.05) is 12.1 Å². The molecule has 0 bridgehead atoms. The van der Waals surface area contributed by atoms with Gasteiger partial charge in [-0.1, -0.05) is 30.1 Å². The number of amides is 3. The summed E-state index contributed by atoms with van der Waals surface area (Å²) in [6, 6.07) is 0.458. The number of ether oxygens (including phenoxy) is 1. The normalized spacial score (nSPS) is 16.9. The molecule has 12 heteroatoms. The first-order valence-electron chi connectivity index (χ1n) is 9.78. The van der Waals surface area contributed by atoms with E-state index in [1.165, 1.54) is 12.1 Å². The molecule has 1 aromatic rings. The second-order valence-electron chi connectivity index (χ2n) is 8.26.